The smallest absolute Gasteiger partial charge is 0.259 e. The largest absolute Gasteiger partial charge is 0.361 e. The minimum Gasteiger partial charge on any atom is -0.361 e. The van der Waals surface area contributed by atoms with Crippen molar-refractivity contribution < 1.29 is 14.8 Å². The number of aromatic amines is 1. The van der Waals surface area contributed by atoms with Gasteiger partial charge >= 0.3 is 0 Å². The molecule has 4 aromatic rings. The molecule has 0 spiro atoms. The Balaban J connectivity index is 1.48. The predicted octanol–water partition coefficient (Wildman–Crippen LogP) is 5.99. The van der Waals surface area contributed by atoms with E-state index in [4.69, 9.17) is 16.8 Å². The summed E-state index contributed by atoms with van der Waals surface area (Å²) in [5, 5.41) is 10.1. The summed E-state index contributed by atoms with van der Waals surface area (Å²) in [4.78, 5) is 33.5. The van der Waals surface area contributed by atoms with Crippen molar-refractivity contribution >= 4 is 40.0 Å². The van der Waals surface area contributed by atoms with Crippen LogP contribution in [-0.4, -0.2) is 33.5 Å². The summed E-state index contributed by atoms with van der Waals surface area (Å²) >= 11 is 5.90. The minimum atomic E-state index is -0.382. The summed E-state index contributed by atoms with van der Waals surface area (Å²) in [7, 11) is 0. The average Bonchev–Trinajstić information content (AvgIpc) is 3.36. The highest BCUT2D eigenvalue weighted by atomic mass is 35.5. The van der Waals surface area contributed by atoms with E-state index in [2.05, 4.69) is 28.2 Å². The number of anilines is 1. The second-order valence-electron chi connectivity index (χ2n) is 8.35. The zero-order chi connectivity index (χ0) is 24.6. The molecular formula is C27H27ClN4O3. The molecule has 180 valence electrons. The quantitative estimate of drug-likeness (QED) is 0.110. The molecule has 0 saturated heterocycles. The molecular weight excluding hydrogens is 464 g/mol. The van der Waals surface area contributed by atoms with Gasteiger partial charge in [-0.2, -0.15) is 0 Å². The van der Waals surface area contributed by atoms with Gasteiger partial charge in [0.05, 0.1) is 5.56 Å². The van der Waals surface area contributed by atoms with Crippen LogP contribution >= 0.6 is 11.6 Å². The molecule has 0 radical (unpaired) electrons. The van der Waals surface area contributed by atoms with Gasteiger partial charge in [0, 0.05) is 36.6 Å². The van der Waals surface area contributed by atoms with Crippen LogP contribution in [0.15, 0.2) is 73.1 Å². The third-order valence-electron chi connectivity index (χ3n) is 5.95. The number of unbranched alkanes of at least 4 members (excludes halogenated alkanes) is 3. The molecule has 0 unspecified atom stereocenters. The number of halogens is 1. The molecule has 4 rings (SSSR count). The zero-order valence-corrected chi connectivity index (χ0v) is 20.0. The van der Waals surface area contributed by atoms with Gasteiger partial charge in [0.2, 0.25) is 5.91 Å². The first-order valence-electron chi connectivity index (χ1n) is 11.6. The highest BCUT2D eigenvalue weighted by molar-refractivity contribution is 6.29. The van der Waals surface area contributed by atoms with Crippen LogP contribution in [0.25, 0.3) is 22.0 Å². The molecule has 0 bridgehead atoms. The summed E-state index contributed by atoms with van der Waals surface area (Å²) in [6.07, 6.45) is 6.85. The van der Waals surface area contributed by atoms with E-state index >= 15 is 0 Å². The zero-order valence-electron chi connectivity index (χ0n) is 19.2. The molecule has 0 aliphatic carbocycles. The number of carbonyl (C=O) groups excluding carboxylic acids is 2. The second-order valence-corrected chi connectivity index (χ2v) is 8.74. The van der Waals surface area contributed by atoms with Gasteiger partial charge in [0.15, 0.2) is 0 Å². The van der Waals surface area contributed by atoms with E-state index in [9.17, 15) is 9.59 Å². The molecule has 35 heavy (non-hydrogen) atoms. The summed E-state index contributed by atoms with van der Waals surface area (Å²) in [5.41, 5.74) is 6.15. The Morgan fingerprint density at radius 2 is 1.71 bits per heavy atom. The fraction of sp³-hybridized carbons (Fsp3) is 0.222. The molecule has 2 aromatic heterocycles. The van der Waals surface area contributed by atoms with Gasteiger partial charge in [0.25, 0.3) is 5.91 Å². The van der Waals surface area contributed by atoms with Gasteiger partial charge in [-0.3, -0.25) is 14.8 Å². The van der Waals surface area contributed by atoms with Crippen molar-refractivity contribution in [2.45, 2.75) is 32.1 Å². The van der Waals surface area contributed by atoms with Crippen molar-refractivity contribution in [2.75, 3.05) is 11.4 Å². The first-order valence-corrected chi connectivity index (χ1v) is 12.0. The van der Waals surface area contributed by atoms with Crippen molar-refractivity contribution in [1.82, 2.24) is 15.4 Å². The molecule has 0 aliphatic heterocycles. The summed E-state index contributed by atoms with van der Waals surface area (Å²) < 4.78 is 0. The Bertz CT molecular complexity index is 1290. The van der Waals surface area contributed by atoms with E-state index in [1.54, 1.807) is 22.5 Å². The minimum absolute atomic E-state index is 0.144. The summed E-state index contributed by atoms with van der Waals surface area (Å²) in [6.45, 7) is 0.529. The number of H-pyrrole nitrogens is 1. The molecule has 0 aliphatic rings. The van der Waals surface area contributed by atoms with Gasteiger partial charge in [-0.1, -0.05) is 48.7 Å². The lowest BCUT2D eigenvalue weighted by Crippen LogP contribution is -2.32. The Morgan fingerprint density at radius 3 is 2.46 bits per heavy atom. The molecule has 3 N–H and O–H groups in total. The van der Waals surface area contributed by atoms with E-state index in [-0.39, 0.29) is 18.2 Å². The first kappa shape index (κ1) is 24.4. The highest BCUT2D eigenvalue weighted by Gasteiger charge is 2.18. The highest BCUT2D eigenvalue weighted by Crippen LogP contribution is 2.27. The molecule has 0 saturated carbocycles. The fourth-order valence-corrected chi connectivity index (χ4v) is 4.14. The monoisotopic (exact) mass is 490 g/mol. The third kappa shape index (κ3) is 6.26. The van der Waals surface area contributed by atoms with Crippen LogP contribution in [0.5, 0.6) is 0 Å². The third-order valence-corrected chi connectivity index (χ3v) is 6.17. The maximum Gasteiger partial charge on any atom is 0.259 e. The Labute approximate surface area is 208 Å². The molecule has 7 nitrogen and oxygen atoms in total. The lowest BCUT2D eigenvalue weighted by molar-refractivity contribution is -0.129. The van der Waals surface area contributed by atoms with Crippen molar-refractivity contribution in [3.05, 3.63) is 83.8 Å². The number of fused-ring (bicyclic) bond motifs is 1. The van der Waals surface area contributed by atoms with E-state index in [1.165, 1.54) is 6.20 Å². The topological polar surface area (TPSA) is 98.3 Å². The number of amides is 2. The van der Waals surface area contributed by atoms with Crippen molar-refractivity contribution in [2.24, 2.45) is 0 Å². The van der Waals surface area contributed by atoms with Gasteiger partial charge in [-0.25, -0.2) is 10.5 Å². The SMILES string of the molecule is O=C(CCCCCCN(C(=O)c1ccc(Cl)nc1)c1ccc(-c2ccc3cc[nH]c3c2)cc1)NO. The Hall–Kier alpha value is -3.68. The van der Waals surface area contributed by atoms with Gasteiger partial charge in [-0.15, -0.1) is 0 Å². The van der Waals surface area contributed by atoms with Crippen LogP contribution in [0.4, 0.5) is 5.69 Å². The van der Waals surface area contributed by atoms with Crippen LogP contribution in [0.1, 0.15) is 42.5 Å². The number of rotatable bonds is 10. The summed E-state index contributed by atoms with van der Waals surface area (Å²) in [6, 6.07) is 19.6. The Morgan fingerprint density at radius 1 is 0.943 bits per heavy atom. The first-order chi connectivity index (χ1) is 17.0. The average molecular weight is 491 g/mol. The maximum atomic E-state index is 13.3. The van der Waals surface area contributed by atoms with E-state index in [0.29, 0.717) is 23.7 Å². The molecule has 0 fully saturated rings. The van der Waals surface area contributed by atoms with Crippen LogP contribution in [0, 0.1) is 0 Å². The normalized spacial score (nSPS) is 10.9. The predicted molar refractivity (Wildman–Crippen MR) is 138 cm³/mol. The van der Waals surface area contributed by atoms with Gasteiger partial charge in [0.1, 0.15) is 5.15 Å². The number of hydrogen-bond acceptors (Lipinski definition) is 4. The van der Waals surface area contributed by atoms with Gasteiger partial charge in [-0.05, 0) is 65.8 Å². The number of aromatic nitrogens is 2. The van der Waals surface area contributed by atoms with E-state index in [0.717, 1.165) is 47.0 Å². The number of hydroxylamine groups is 1. The Kier molecular flexibility index (Phi) is 8.13. The number of carbonyl (C=O) groups is 2. The van der Waals surface area contributed by atoms with Gasteiger partial charge < -0.3 is 9.88 Å². The molecule has 2 heterocycles. The second kappa shape index (κ2) is 11.6. The molecule has 2 aromatic carbocycles. The van der Waals surface area contributed by atoms with Crippen molar-refractivity contribution in [3.63, 3.8) is 0 Å². The number of hydrogen-bond donors (Lipinski definition) is 3. The fourth-order valence-electron chi connectivity index (χ4n) is 4.03. The number of nitrogens with one attached hydrogen (secondary N) is 2. The molecule has 0 atom stereocenters. The van der Waals surface area contributed by atoms with Crippen LogP contribution in [0.2, 0.25) is 5.15 Å². The number of benzene rings is 2. The standard InChI is InChI=1S/C27H27ClN4O3/c28-25-13-10-22(18-30-25)27(34)32(16-4-2-1-3-5-26(33)31-35)23-11-8-19(9-12-23)21-7-6-20-14-15-29-24(20)17-21/h6-15,17-18,29,35H,1-5,16H2,(H,31,33). The lowest BCUT2D eigenvalue weighted by Gasteiger charge is -2.23. The molecule has 8 heteroatoms. The summed E-state index contributed by atoms with van der Waals surface area (Å²) in [5.74, 6) is -0.526. The van der Waals surface area contributed by atoms with Crippen molar-refractivity contribution in [3.8, 4) is 11.1 Å². The van der Waals surface area contributed by atoms with Crippen LogP contribution in [0.3, 0.4) is 0 Å². The van der Waals surface area contributed by atoms with E-state index < -0.39 is 0 Å². The maximum absolute atomic E-state index is 13.3. The van der Waals surface area contributed by atoms with E-state index in [1.807, 2.05) is 36.5 Å². The number of pyridine rings is 1. The number of nitrogens with zero attached hydrogens (tertiary/aromatic N) is 2. The van der Waals surface area contributed by atoms with Crippen LogP contribution < -0.4 is 10.4 Å². The van der Waals surface area contributed by atoms with Crippen LogP contribution in [-0.2, 0) is 4.79 Å². The molecule has 2 amide bonds. The van der Waals surface area contributed by atoms with Crippen molar-refractivity contribution in [1.29, 1.82) is 0 Å². The lowest BCUT2D eigenvalue weighted by atomic mass is 10.0.